The van der Waals surface area contributed by atoms with Crippen LogP contribution in [0.2, 0.25) is 0 Å². The van der Waals surface area contributed by atoms with Crippen LogP contribution in [0.4, 0.5) is 0 Å². The third-order valence-electron chi connectivity index (χ3n) is 11.0. The van der Waals surface area contributed by atoms with E-state index in [1.807, 2.05) is 82.6 Å². The second-order valence-electron chi connectivity index (χ2n) is 14.5. The Morgan fingerprint density at radius 1 is 0.304 bits per heavy atom. The second-order valence-corrected chi connectivity index (χ2v) is 14.5. The maximum Gasteiger partial charge on any atom is 0.261 e. The Kier molecular flexibility index (Phi) is 8.23. The van der Waals surface area contributed by atoms with Crippen molar-refractivity contribution in [2.45, 2.75) is 13.1 Å². The van der Waals surface area contributed by atoms with Crippen LogP contribution in [0.25, 0.3) is 55.2 Å². The highest BCUT2D eigenvalue weighted by Gasteiger charge is 2.49. The lowest BCUT2D eigenvalue weighted by atomic mass is 9.99. The minimum Gasteiger partial charge on any atom is -0.302 e. The normalized spacial score (nSPS) is 14.1. The molecule has 10 rings (SSSR count). The van der Waals surface area contributed by atoms with Gasteiger partial charge in [-0.2, -0.15) is 0 Å². The van der Waals surface area contributed by atoms with Crippen molar-refractivity contribution in [3.05, 3.63) is 228 Å². The molecule has 0 spiro atoms. The van der Waals surface area contributed by atoms with Crippen LogP contribution in [0.1, 0.15) is 22.3 Å². The quantitative estimate of drug-likeness (QED) is 0.157. The highest BCUT2D eigenvalue weighted by Crippen LogP contribution is 2.48. The van der Waals surface area contributed by atoms with E-state index in [-0.39, 0.29) is 11.8 Å². The fourth-order valence-corrected chi connectivity index (χ4v) is 8.20. The van der Waals surface area contributed by atoms with Crippen molar-refractivity contribution in [3.8, 4) is 22.3 Å². The maximum atomic E-state index is 15.2. The molecule has 56 heavy (non-hydrogen) atoms. The first kappa shape index (κ1) is 33.3. The topological polar surface area (TPSA) is 40.6 Å². The zero-order valence-corrected chi connectivity index (χ0v) is 30.6. The van der Waals surface area contributed by atoms with Crippen LogP contribution < -0.4 is 0 Å². The lowest BCUT2D eigenvalue weighted by Crippen LogP contribution is -2.29. The van der Waals surface area contributed by atoms with Gasteiger partial charge in [0.1, 0.15) is 0 Å². The molecule has 0 aliphatic carbocycles. The first-order valence-electron chi connectivity index (χ1n) is 19.0. The third-order valence-corrected chi connectivity index (χ3v) is 11.0. The van der Waals surface area contributed by atoms with Crippen LogP contribution in [0.5, 0.6) is 0 Å². The lowest BCUT2D eigenvalue weighted by molar-refractivity contribution is -0.124. The first-order valence-corrected chi connectivity index (χ1v) is 19.0. The van der Waals surface area contributed by atoms with E-state index in [9.17, 15) is 0 Å². The Balaban J connectivity index is 1.12. The summed E-state index contributed by atoms with van der Waals surface area (Å²) in [6.45, 7) is 0.643. The summed E-state index contributed by atoms with van der Waals surface area (Å²) in [4.78, 5) is 34.0. The first-order chi connectivity index (χ1) is 27.6. The molecule has 2 aliphatic heterocycles. The molecule has 4 nitrogen and oxygen atoms in total. The molecule has 8 aromatic rings. The van der Waals surface area contributed by atoms with E-state index >= 15 is 9.59 Å². The van der Waals surface area contributed by atoms with Gasteiger partial charge in [-0.25, -0.2) is 0 Å². The van der Waals surface area contributed by atoms with E-state index in [4.69, 9.17) is 0 Å². The minimum atomic E-state index is -0.172. The highest BCUT2D eigenvalue weighted by atomic mass is 16.2. The zero-order valence-electron chi connectivity index (χ0n) is 30.6. The largest absolute Gasteiger partial charge is 0.302 e. The summed E-state index contributed by atoms with van der Waals surface area (Å²) in [6, 6.07) is 66.1. The van der Waals surface area contributed by atoms with E-state index in [1.165, 1.54) is 0 Å². The van der Waals surface area contributed by atoms with Gasteiger partial charge in [0, 0.05) is 0 Å². The Labute approximate surface area is 325 Å². The molecule has 0 aromatic heterocycles. The van der Waals surface area contributed by atoms with E-state index in [1.54, 1.807) is 0 Å². The molecule has 0 saturated carbocycles. The smallest absolute Gasteiger partial charge is 0.261 e. The molecule has 0 N–H and O–H groups in total. The van der Waals surface area contributed by atoms with Crippen molar-refractivity contribution in [1.29, 1.82) is 0 Å². The summed E-state index contributed by atoms with van der Waals surface area (Å²) in [7, 11) is 0. The number of rotatable bonds is 8. The number of amides is 2. The lowest BCUT2D eigenvalue weighted by Gasteiger charge is -2.26. The maximum absolute atomic E-state index is 15.2. The minimum absolute atomic E-state index is 0.172. The molecule has 4 heteroatoms. The molecule has 2 heterocycles. The highest BCUT2D eigenvalue weighted by molar-refractivity contribution is 6.30. The predicted molar refractivity (Wildman–Crippen MR) is 227 cm³/mol. The van der Waals surface area contributed by atoms with Gasteiger partial charge in [-0.05, 0) is 78.2 Å². The number of fused-ring (bicyclic) bond motifs is 3. The van der Waals surface area contributed by atoms with Gasteiger partial charge < -0.3 is 9.80 Å². The Hall–Kier alpha value is -7.30. The van der Waals surface area contributed by atoms with Gasteiger partial charge in [-0.1, -0.05) is 182 Å². The molecular weight excluding hydrogens is 685 g/mol. The molecule has 0 bridgehead atoms. The molecule has 0 atom stereocenters. The molecule has 2 amide bonds. The summed E-state index contributed by atoms with van der Waals surface area (Å²) in [5, 5.41) is 4.29. The average Bonchev–Trinajstić information content (AvgIpc) is 3.70. The molecule has 0 unspecified atom stereocenters. The molecule has 2 aliphatic rings. The van der Waals surface area contributed by atoms with Gasteiger partial charge in [-0.3, -0.25) is 9.59 Å². The SMILES string of the molecule is O=C1C2=C(c3ccc4ccccc4c3)N(Cc3ccc(-c4ccccc4)cc3)C(=O)C2=C(c2ccc3ccccc3c2)N1Cc1ccc(-c2ccccc2)cc1. The van der Waals surface area contributed by atoms with Gasteiger partial charge in [0.2, 0.25) is 0 Å². The summed E-state index contributed by atoms with van der Waals surface area (Å²) in [6.07, 6.45) is 0. The van der Waals surface area contributed by atoms with E-state index in [2.05, 4.69) is 121 Å². The Morgan fingerprint density at radius 3 is 1.02 bits per heavy atom. The molecule has 266 valence electrons. The van der Waals surface area contributed by atoms with E-state index in [0.717, 1.165) is 66.1 Å². The second kappa shape index (κ2) is 13.8. The van der Waals surface area contributed by atoms with E-state index in [0.29, 0.717) is 35.6 Å². The fourth-order valence-electron chi connectivity index (χ4n) is 8.20. The number of carbonyl (C=O) groups is 2. The van der Waals surface area contributed by atoms with Gasteiger partial charge in [-0.15, -0.1) is 0 Å². The van der Waals surface area contributed by atoms with Crippen molar-refractivity contribution in [2.75, 3.05) is 0 Å². The summed E-state index contributed by atoms with van der Waals surface area (Å²) < 4.78 is 0. The van der Waals surface area contributed by atoms with Crippen molar-refractivity contribution in [3.63, 3.8) is 0 Å². The molecule has 0 saturated heterocycles. The van der Waals surface area contributed by atoms with Crippen LogP contribution in [0.3, 0.4) is 0 Å². The predicted octanol–water partition coefficient (Wildman–Crippen LogP) is 11.5. The molecule has 0 fully saturated rings. The summed E-state index contributed by atoms with van der Waals surface area (Å²) >= 11 is 0. The van der Waals surface area contributed by atoms with Gasteiger partial charge in [0.05, 0.1) is 35.6 Å². The number of hydrogen-bond donors (Lipinski definition) is 0. The summed E-state index contributed by atoms with van der Waals surface area (Å²) in [5.74, 6) is -0.345. The van der Waals surface area contributed by atoms with Crippen molar-refractivity contribution in [2.24, 2.45) is 0 Å². The van der Waals surface area contributed by atoms with Crippen molar-refractivity contribution in [1.82, 2.24) is 9.80 Å². The number of benzene rings is 8. The summed E-state index contributed by atoms with van der Waals surface area (Å²) in [5.41, 5.74) is 10.3. The van der Waals surface area contributed by atoms with Gasteiger partial charge >= 0.3 is 0 Å². The number of hydrogen-bond acceptors (Lipinski definition) is 2. The number of carbonyl (C=O) groups excluding carboxylic acids is 2. The Bertz CT molecular complexity index is 2670. The number of nitrogens with zero attached hydrogens (tertiary/aromatic N) is 2. The van der Waals surface area contributed by atoms with E-state index < -0.39 is 0 Å². The fraction of sp³-hybridized carbons (Fsp3) is 0.0385. The zero-order chi connectivity index (χ0) is 37.6. The monoisotopic (exact) mass is 720 g/mol. The van der Waals surface area contributed by atoms with Crippen LogP contribution in [-0.2, 0) is 22.7 Å². The van der Waals surface area contributed by atoms with Crippen LogP contribution in [-0.4, -0.2) is 21.6 Å². The standard InChI is InChI=1S/C52H36N2O2/c55-51-48-47(49(45-29-27-39-15-7-9-17-43(39)31-45)53(51)33-35-19-23-41(24-20-35)37-11-3-1-4-12-37)52(56)54(50(48)46-30-28-40-16-8-10-18-44(40)32-46)34-36-21-25-42(26-22-36)38-13-5-2-6-14-38/h1-32H,33-34H2. The van der Waals surface area contributed by atoms with Gasteiger partial charge in [0.15, 0.2) is 0 Å². The third kappa shape index (κ3) is 5.89. The van der Waals surface area contributed by atoms with Crippen LogP contribution in [0.15, 0.2) is 205 Å². The molecular formula is C52H36N2O2. The molecule has 0 radical (unpaired) electrons. The Morgan fingerprint density at radius 2 is 0.625 bits per heavy atom. The van der Waals surface area contributed by atoms with Gasteiger partial charge in [0.25, 0.3) is 11.8 Å². The van der Waals surface area contributed by atoms with Crippen LogP contribution >= 0.6 is 0 Å². The molecule has 8 aromatic carbocycles. The van der Waals surface area contributed by atoms with Crippen LogP contribution in [0, 0.1) is 0 Å². The van der Waals surface area contributed by atoms with Crippen molar-refractivity contribution >= 4 is 44.8 Å². The van der Waals surface area contributed by atoms with Crippen molar-refractivity contribution < 1.29 is 9.59 Å². The average molecular weight is 721 g/mol.